The Kier molecular flexibility index (Phi) is 5.44. The van der Waals surface area contributed by atoms with Gasteiger partial charge < -0.3 is 4.74 Å². The van der Waals surface area contributed by atoms with Gasteiger partial charge in [0.2, 0.25) is 0 Å². The summed E-state index contributed by atoms with van der Waals surface area (Å²) < 4.78 is 4.82. The van der Waals surface area contributed by atoms with Crippen LogP contribution in [0.25, 0.3) is 0 Å². The number of carbonyl (C=O) groups is 1. The molecule has 0 radical (unpaired) electrons. The lowest BCUT2D eigenvalue weighted by Gasteiger charge is -2.03. The van der Waals surface area contributed by atoms with E-state index in [4.69, 9.17) is 10.00 Å². The van der Waals surface area contributed by atoms with E-state index >= 15 is 0 Å². The molecule has 0 saturated heterocycles. The average Bonchev–Trinajstić information content (AvgIpc) is 2.30. The Morgan fingerprint density at radius 2 is 2.25 bits per heavy atom. The summed E-state index contributed by atoms with van der Waals surface area (Å²) in [5.41, 5.74) is 0.649. The molecule has 84 valence electrons. The van der Waals surface area contributed by atoms with Crippen LogP contribution in [0.1, 0.15) is 18.9 Å². The second kappa shape index (κ2) is 6.91. The smallest absolute Gasteiger partial charge is 0.306 e. The van der Waals surface area contributed by atoms with Crippen molar-refractivity contribution in [3.8, 4) is 6.07 Å². The molecule has 4 heteroatoms. The molecule has 1 rings (SSSR count). The summed E-state index contributed by atoms with van der Waals surface area (Å²) >= 11 is 1.50. The van der Waals surface area contributed by atoms with Crippen LogP contribution in [0.15, 0.2) is 29.2 Å². The van der Waals surface area contributed by atoms with Gasteiger partial charge in [-0.1, -0.05) is 12.1 Å². The van der Waals surface area contributed by atoms with Gasteiger partial charge in [0.05, 0.1) is 18.6 Å². The quantitative estimate of drug-likeness (QED) is 0.581. The van der Waals surface area contributed by atoms with Crippen molar-refractivity contribution < 1.29 is 9.53 Å². The van der Waals surface area contributed by atoms with E-state index in [1.165, 1.54) is 11.8 Å². The van der Waals surface area contributed by atoms with E-state index in [0.717, 1.165) is 4.90 Å². The Morgan fingerprint density at radius 3 is 2.94 bits per heavy atom. The van der Waals surface area contributed by atoms with E-state index in [2.05, 4.69) is 6.07 Å². The minimum atomic E-state index is -0.190. The van der Waals surface area contributed by atoms with E-state index in [1.54, 1.807) is 13.0 Å². The van der Waals surface area contributed by atoms with Crippen LogP contribution in [0, 0.1) is 11.3 Å². The molecular weight excluding hydrogens is 222 g/mol. The Bertz CT molecular complexity index is 398. The van der Waals surface area contributed by atoms with Crippen molar-refractivity contribution in [2.24, 2.45) is 0 Å². The molecule has 1 aromatic rings. The van der Waals surface area contributed by atoms with Crippen molar-refractivity contribution in [3.63, 3.8) is 0 Å². The number of hydrogen-bond donors (Lipinski definition) is 0. The molecular formula is C12H13NO2S. The molecule has 16 heavy (non-hydrogen) atoms. The van der Waals surface area contributed by atoms with Crippen LogP contribution in [0.5, 0.6) is 0 Å². The first-order valence-corrected chi connectivity index (χ1v) is 6.04. The molecule has 0 aliphatic carbocycles. The fraction of sp³-hybridized carbons (Fsp3) is 0.333. The minimum absolute atomic E-state index is 0.190. The van der Waals surface area contributed by atoms with Crippen molar-refractivity contribution >= 4 is 17.7 Å². The highest BCUT2D eigenvalue weighted by molar-refractivity contribution is 7.99. The third-order valence-electron chi connectivity index (χ3n) is 1.88. The van der Waals surface area contributed by atoms with Crippen molar-refractivity contribution in [2.75, 3.05) is 12.4 Å². The number of nitriles is 1. The first-order valence-electron chi connectivity index (χ1n) is 5.05. The number of ether oxygens (including phenoxy) is 1. The highest BCUT2D eigenvalue weighted by atomic mass is 32.2. The molecule has 0 atom stereocenters. The van der Waals surface area contributed by atoms with Crippen LogP contribution in [0.2, 0.25) is 0 Å². The number of nitrogens with zero attached hydrogens (tertiary/aromatic N) is 1. The first kappa shape index (κ1) is 12.6. The Balaban J connectivity index is 2.43. The first-order chi connectivity index (χ1) is 7.77. The van der Waals surface area contributed by atoms with Crippen molar-refractivity contribution in [2.45, 2.75) is 18.2 Å². The monoisotopic (exact) mass is 235 g/mol. The molecule has 1 aromatic carbocycles. The number of carbonyl (C=O) groups excluding carboxylic acids is 1. The largest absolute Gasteiger partial charge is 0.466 e. The van der Waals surface area contributed by atoms with Gasteiger partial charge in [-0.3, -0.25) is 4.79 Å². The zero-order valence-electron chi connectivity index (χ0n) is 9.10. The van der Waals surface area contributed by atoms with Crippen LogP contribution >= 0.6 is 11.8 Å². The minimum Gasteiger partial charge on any atom is -0.466 e. The van der Waals surface area contributed by atoms with Crippen LogP contribution in [0.4, 0.5) is 0 Å². The van der Waals surface area contributed by atoms with E-state index < -0.39 is 0 Å². The molecule has 0 amide bonds. The van der Waals surface area contributed by atoms with E-state index in [1.807, 2.05) is 18.2 Å². The molecule has 0 bridgehead atoms. The summed E-state index contributed by atoms with van der Waals surface area (Å²) in [6, 6.07) is 9.49. The second-order valence-electron chi connectivity index (χ2n) is 3.01. The third kappa shape index (κ3) is 3.95. The molecule has 0 heterocycles. The van der Waals surface area contributed by atoms with E-state index in [-0.39, 0.29) is 5.97 Å². The number of esters is 1. The van der Waals surface area contributed by atoms with E-state index in [9.17, 15) is 4.79 Å². The molecule has 0 saturated carbocycles. The predicted octanol–water partition coefficient (Wildman–Crippen LogP) is 2.60. The normalized spacial score (nSPS) is 9.50. The standard InChI is InChI=1S/C12H13NO2S/c1-2-15-12(14)7-8-16-11-6-4-3-5-10(11)9-13/h3-6H,2,7-8H2,1H3. The number of thioether (sulfide) groups is 1. The molecule has 0 fully saturated rings. The zero-order chi connectivity index (χ0) is 11.8. The van der Waals surface area contributed by atoms with Gasteiger partial charge in [0.15, 0.2) is 0 Å². The maximum Gasteiger partial charge on any atom is 0.306 e. The van der Waals surface area contributed by atoms with Crippen molar-refractivity contribution in [3.05, 3.63) is 29.8 Å². The van der Waals surface area contributed by atoms with Crippen molar-refractivity contribution in [1.82, 2.24) is 0 Å². The van der Waals surface area contributed by atoms with Gasteiger partial charge in [0.25, 0.3) is 0 Å². The van der Waals surface area contributed by atoms with Gasteiger partial charge in [-0.15, -0.1) is 11.8 Å². The lowest BCUT2D eigenvalue weighted by atomic mass is 10.2. The van der Waals surface area contributed by atoms with Crippen LogP contribution in [0.3, 0.4) is 0 Å². The summed E-state index contributed by atoms with van der Waals surface area (Å²) in [5, 5.41) is 8.86. The summed E-state index contributed by atoms with van der Waals surface area (Å²) in [5.74, 6) is 0.446. The predicted molar refractivity (Wildman–Crippen MR) is 63.1 cm³/mol. The van der Waals surface area contributed by atoms with Gasteiger partial charge in [-0.2, -0.15) is 5.26 Å². The van der Waals surface area contributed by atoms with Gasteiger partial charge in [-0.05, 0) is 19.1 Å². The SMILES string of the molecule is CCOC(=O)CCSc1ccccc1C#N. The van der Waals surface area contributed by atoms with Crippen LogP contribution in [-0.2, 0) is 9.53 Å². The second-order valence-corrected chi connectivity index (χ2v) is 4.15. The van der Waals surface area contributed by atoms with Gasteiger partial charge >= 0.3 is 5.97 Å². The van der Waals surface area contributed by atoms with Crippen molar-refractivity contribution in [1.29, 1.82) is 5.26 Å². The average molecular weight is 235 g/mol. The zero-order valence-corrected chi connectivity index (χ0v) is 9.92. The number of benzene rings is 1. The highest BCUT2D eigenvalue weighted by Gasteiger charge is 2.04. The van der Waals surface area contributed by atoms with Crippen LogP contribution in [-0.4, -0.2) is 18.3 Å². The fourth-order valence-electron chi connectivity index (χ4n) is 1.16. The Labute approximate surface area is 99.4 Å². The lowest BCUT2D eigenvalue weighted by Crippen LogP contribution is -2.04. The van der Waals surface area contributed by atoms with Crippen LogP contribution < -0.4 is 0 Å². The fourth-order valence-corrected chi connectivity index (χ4v) is 2.09. The van der Waals surface area contributed by atoms with Gasteiger partial charge in [0.1, 0.15) is 6.07 Å². The molecule has 0 aliphatic heterocycles. The molecule has 3 nitrogen and oxygen atoms in total. The van der Waals surface area contributed by atoms with Gasteiger partial charge in [-0.25, -0.2) is 0 Å². The molecule has 0 spiro atoms. The summed E-state index contributed by atoms with van der Waals surface area (Å²) in [6.07, 6.45) is 0.373. The molecule has 0 unspecified atom stereocenters. The molecule has 0 aliphatic rings. The van der Waals surface area contributed by atoms with Gasteiger partial charge in [0, 0.05) is 10.6 Å². The summed E-state index contributed by atoms with van der Waals surface area (Å²) in [6.45, 7) is 2.20. The Hall–Kier alpha value is -1.47. The molecule has 0 aromatic heterocycles. The highest BCUT2D eigenvalue weighted by Crippen LogP contribution is 2.22. The number of hydrogen-bond acceptors (Lipinski definition) is 4. The van der Waals surface area contributed by atoms with E-state index in [0.29, 0.717) is 24.3 Å². The number of rotatable bonds is 5. The molecule has 0 N–H and O–H groups in total. The maximum atomic E-state index is 11.1. The summed E-state index contributed by atoms with van der Waals surface area (Å²) in [4.78, 5) is 12.0. The Morgan fingerprint density at radius 1 is 1.50 bits per heavy atom. The maximum absolute atomic E-state index is 11.1. The topological polar surface area (TPSA) is 50.1 Å². The third-order valence-corrected chi connectivity index (χ3v) is 2.95. The lowest BCUT2D eigenvalue weighted by molar-refractivity contribution is -0.142. The summed E-state index contributed by atoms with van der Waals surface area (Å²) in [7, 11) is 0.